The molecule has 1 rings (SSSR count). The van der Waals surface area contributed by atoms with E-state index >= 15 is 0 Å². The van der Waals surface area contributed by atoms with Crippen LogP contribution in [0.3, 0.4) is 0 Å². The van der Waals surface area contributed by atoms with Crippen molar-refractivity contribution in [3.05, 3.63) is 29.8 Å². The summed E-state index contributed by atoms with van der Waals surface area (Å²) >= 11 is 0. The van der Waals surface area contributed by atoms with Gasteiger partial charge in [-0.15, -0.1) is 0 Å². The van der Waals surface area contributed by atoms with Crippen LogP contribution in [0.2, 0.25) is 0 Å². The maximum atomic E-state index is 5.61. The van der Waals surface area contributed by atoms with Gasteiger partial charge in [0.15, 0.2) is 0 Å². The molecule has 3 nitrogen and oxygen atoms in total. The van der Waals surface area contributed by atoms with Gasteiger partial charge in [0, 0.05) is 25.2 Å². The van der Waals surface area contributed by atoms with Crippen LogP contribution in [0.15, 0.2) is 24.3 Å². The number of rotatable bonds is 10. The molecule has 0 aliphatic heterocycles. The first-order valence-corrected chi connectivity index (χ1v) is 8.24. The molecule has 0 radical (unpaired) electrons. The zero-order valence-electron chi connectivity index (χ0n) is 14.4. The third kappa shape index (κ3) is 6.49. The van der Waals surface area contributed by atoms with Crippen molar-refractivity contribution in [2.45, 2.75) is 52.6 Å². The Bertz CT molecular complexity index is 377. The summed E-state index contributed by atoms with van der Waals surface area (Å²) in [6.07, 6.45) is 2.24. The lowest BCUT2D eigenvalue weighted by Gasteiger charge is -2.24. The lowest BCUT2D eigenvalue weighted by atomic mass is 10.1. The Morgan fingerprint density at radius 3 is 2.38 bits per heavy atom. The third-order valence-electron chi connectivity index (χ3n) is 4.11. The molecule has 1 N–H and O–H groups in total. The van der Waals surface area contributed by atoms with Crippen LogP contribution < -0.4 is 10.1 Å². The highest BCUT2D eigenvalue weighted by molar-refractivity contribution is 5.28. The van der Waals surface area contributed by atoms with Crippen LogP contribution in [-0.2, 0) is 0 Å². The molecule has 1 aromatic rings. The van der Waals surface area contributed by atoms with E-state index in [1.807, 2.05) is 0 Å². The summed E-state index contributed by atoms with van der Waals surface area (Å²) < 4.78 is 5.61. The van der Waals surface area contributed by atoms with E-state index in [2.05, 4.69) is 69.2 Å². The largest absolute Gasteiger partial charge is 0.494 e. The molecule has 0 heterocycles. The van der Waals surface area contributed by atoms with Gasteiger partial charge in [0.1, 0.15) is 5.75 Å². The molecule has 3 heteroatoms. The maximum absolute atomic E-state index is 5.61. The van der Waals surface area contributed by atoms with Crippen molar-refractivity contribution < 1.29 is 4.74 Å². The maximum Gasteiger partial charge on any atom is 0.119 e. The lowest BCUT2D eigenvalue weighted by Crippen LogP contribution is -2.35. The molecular weight excluding hydrogens is 260 g/mol. The average Bonchev–Trinajstić information content (AvgIpc) is 2.52. The van der Waals surface area contributed by atoms with E-state index in [0.29, 0.717) is 12.1 Å². The number of hydrogen-bond donors (Lipinski definition) is 1. The van der Waals surface area contributed by atoms with Gasteiger partial charge in [-0.2, -0.15) is 0 Å². The van der Waals surface area contributed by atoms with E-state index in [4.69, 9.17) is 4.74 Å². The number of hydrogen-bond acceptors (Lipinski definition) is 3. The topological polar surface area (TPSA) is 24.5 Å². The Labute approximate surface area is 130 Å². The molecule has 21 heavy (non-hydrogen) atoms. The first-order valence-electron chi connectivity index (χ1n) is 8.24. The molecular formula is C18H32N2O. The number of benzene rings is 1. The summed E-state index contributed by atoms with van der Waals surface area (Å²) in [5.41, 5.74) is 1.31. The van der Waals surface area contributed by atoms with E-state index in [1.54, 1.807) is 0 Å². The highest BCUT2D eigenvalue weighted by Crippen LogP contribution is 2.17. The van der Waals surface area contributed by atoms with E-state index < -0.39 is 0 Å². The molecule has 0 aliphatic carbocycles. The van der Waals surface area contributed by atoms with Crippen LogP contribution in [0.25, 0.3) is 0 Å². The monoisotopic (exact) mass is 292 g/mol. The molecule has 0 saturated heterocycles. The Hall–Kier alpha value is -1.06. The van der Waals surface area contributed by atoms with Crippen molar-refractivity contribution >= 4 is 0 Å². The molecule has 0 bridgehead atoms. The smallest absolute Gasteiger partial charge is 0.119 e. The van der Waals surface area contributed by atoms with Crippen molar-refractivity contribution in [2.75, 3.05) is 26.7 Å². The number of ether oxygens (including phenoxy) is 1. The van der Waals surface area contributed by atoms with Crippen molar-refractivity contribution in [1.82, 2.24) is 10.2 Å². The van der Waals surface area contributed by atoms with Gasteiger partial charge in [0.25, 0.3) is 0 Å². The van der Waals surface area contributed by atoms with Gasteiger partial charge in [-0.05, 0) is 51.4 Å². The number of nitrogens with zero attached hydrogens (tertiary/aromatic N) is 1. The second-order valence-electron chi connectivity index (χ2n) is 5.83. The summed E-state index contributed by atoms with van der Waals surface area (Å²) in [6.45, 7) is 11.7. The summed E-state index contributed by atoms with van der Waals surface area (Å²) in [5.74, 6) is 0.962. The summed E-state index contributed by atoms with van der Waals surface area (Å²) in [7, 11) is 2.19. The van der Waals surface area contributed by atoms with E-state index in [9.17, 15) is 0 Å². The van der Waals surface area contributed by atoms with Crippen molar-refractivity contribution in [3.63, 3.8) is 0 Å². The van der Waals surface area contributed by atoms with Gasteiger partial charge in [0.2, 0.25) is 0 Å². The van der Waals surface area contributed by atoms with Crippen LogP contribution in [-0.4, -0.2) is 37.7 Å². The van der Waals surface area contributed by atoms with Gasteiger partial charge < -0.3 is 15.0 Å². The molecule has 120 valence electrons. The van der Waals surface area contributed by atoms with Gasteiger partial charge in [-0.1, -0.05) is 26.0 Å². The highest BCUT2D eigenvalue weighted by Gasteiger charge is 2.08. The van der Waals surface area contributed by atoms with Gasteiger partial charge in [-0.25, -0.2) is 0 Å². The average molecular weight is 292 g/mol. The normalized spacial score (nSPS) is 14.2. The second-order valence-corrected chi connectivity index (χ2v) is 5.83. The minimum Gasteiger partial charge on any atom is -0.494 e. The second kappa shape index (κ2) is 9.80. The van der Waals surface area contributed by atoms with Crippen LogP contribution >= 0.6 is 0 Å². The molecule has 2 atom stereocenters. The van der Waals surface area contributed by atoms with Crippen molar-refractivity contribution in [3.8, 4) is 5.75 Å². The molecule has 2 unspecified atom stereocenters. The summed E-state index contributed by atoms with van der Waals surface area (Å²) in [6, 6.07) is 9.46. The molecule has 0 saturated carbocycles. The first kappa shape index (κ1) is 18.0. The molecule has 0 fully saturated rings. The first-order chi connectivity index (χ1) is 10.1. The van der Waals surface area contributed by atoms with Crippen LogP contribution in [0.5, 0.6) is 5.75 Å². The van der Waals surface area contributed by atoms with Crippen LogP contribution in [0.4, 0.5) is 0 Å². The Kier molecular flexibility index (Phi) is 8.40. The van der Waals surface area contributed by atoms with E-state index in [-0.39, 0.29) is 0 Å². The molecule has 0 spiro atoms. The zero-order valence-corrected chi connectivity index (χ0v) is 14.4. The van der Waals surface area contributed by atoms with Crippen LogP contribution in [0.1, 0.15) is 52.1 Å². The Balaban J connectivity index is 2.36. The van der Waals surface area contributed by atoms with Gasteiger partial charge >= 0.3 is 0 Å². The van der Waals surface area contributed by atoms with Crippen LogP contribution in [0, 0.1) is 0 Å². The standard InChI is InChI=1S/C18H32N2O/c1-6-14-21-18-10-8-17(9-11-18)16(4)19-12-13-20(5)15(3)7-2/h8-11,15-16,19H,6-7,12-14H2,1-5H3. The van der Waals surface area contributed by atoms with Crippen molar-refractivity contribution in [1.29, 1.82) is 0 Å². The highest BCUT2D eigenvalue weighted by atomic mass is 16.5. The molecule has 0 amide bonds. The van der Waals surface area contributed by atoms with Gasteiger partial charge in [0.05, 0.1) is 6.61 Å². The number of likely N-dealkylation sites (N-methyl/N-ethyl adjacent to an activating group) is 1. The van der Waals surface area contributed by atoms with E-state index in [1.165, 1.54) is 12.0 Å². The fourth-order valence-electron chi connectivity index (χ4n) is 2.18. The summed E-state index contributed by atoms with van der Waals surface area (Å²) in [5, 5.41) is 3.59. The fourth-order valence-corrected chi connectivity index (χ4v) is 2.18. The predicted octanol–water partition coefficient (Wildman–Crippen LogP) is 3.86. The Morgan fingerprint density at radius 1 is 1.14 bits per heavy atom. The fraction of sp³-hybridized carbons (Fsp3) is 0.667. The van der Waals surface area contributed by atoms with Gasteiger partial charge in [-0.3, -0.25) is 0 Å². The van der Waals surface area contributed by atoms with Crippen molar-refractivity contribution in [2.24, 2.45) is 0 Å². The molecule has 0 aromatic heterocycles. The number of nitrogens with one attached hydrogen (secondary N) is 1. The minimum atomic E-state index is 0.371. The lowest BCUT2D eigenvalue weighted by molar-refractivity contribution is 0.249. The summed E-state index contributed by atoms with van der Waals surface area (Å²) in [4.78, 5) is 2.40. The predicted molar refractivity (Wildman–Crippen MR) is 91.0 cm³/mol. The zero-order chi connectivity index (χ0) is 15.7. The Morgan fingerprint density at radius 2 is 1.81 bits per heavy atom. The minimum absolute atomic E-state index is 0.371. The molecule has 0 aliphatic rings. The SMILES string of the molecule is CCCOc1ccc(C(C)NCCN(C)C(C)CC)cc1. The van der Waals surface area contributed by atoms with E-state index in [0.717, 1.165) is 31.9 Å². The quantitative estimate of drug-likeness (QED) is 0.709. The third-order valence-corrected chi connectivity index (χ3v) is 4.11. The molecule has 1 aromatic carbocycles.